The molecular formula is C13H19NO3. The van der Waals surface area contributed by atoms with Gasteiger partial charge < -0.3 is 15.6 Å². The van der Waals surface area contributed by atoms with Gasteiger partial charge in [0.1, 0.15) is 6.61 Å². The molecule has 1 aromatic carbocycles. The first-order valence-electron chi connectivity index (χ1n) is 5.66. The van der Waals surface area contributed by atoms with Crippen LogP contribution in [-0.2, 0) is 16.1 Å². The van der Waals surface area contributed by atoms with Gasteiger partial charge in [0.25, 0.3) is 0 Å². The lowest BCUT2D eigenvalue weighted by atomic mass is 10.00. The molecular weight excluding hydrogens is 218 g/mol. The van der Waals surface area contributed by atoms with Crippen LogP contribution in [0.4, 0.5) is 0 Å². The molecule has 4 heteroatoms. The average Bonchev–Trinajstić information content (AvgIpc) is 2.35. The summed E-state index contributed by atoms with van der Waals surface area (Å²) in [6.07, 6.45) is -1.27. The average molecular weight is 237 g/mol. The van der Waals surface area contributed by atoms with Crippen LogP contribution in [-0.4, -0.2) is 23.2 Å². The van der Waals surface area contributed by atoms with Gasteiger partial charge in [-0.05, 0) is 11.5 Å². The topological polar surface area (TPSA) is 72.5 Å². The van der Waals surface area contributed by atoms with Crippen molar-refractivity contribution in [1.29, 1.82) is 0 Å². The van der Waals surface area contributed by atoms with E-state index in [0.29, 0.717) is 0 Å². The number of nitrogens with two attached hydrogens (primary N) is 1. The lowest BCUT2D eigenvalue weighted by Crippen LogP contribution is -2.44. The summed E-state index contributed by atoms with van der Waals surface area (Å²) < 4.78 is 4.99. The number of ether oxygens (including phenoxy) is 1. The van der Waals surface area contributed by atoms with Gasteiger partial charge >= 0.3 is 5.97 Å². The fraction of sp³-hybridized carbons (Fsp3) is 0.462. The van der Waals surface area contributed by atoms with E-state index in [4.69, 9.17) is 10.5 Å². The summed E-state index contributed by atoms with van der Waals surface area (Å²) in [5.41, 5.74) is 6.56. The zero-order valence-electron chi connectivity index (χ0n) is 10.2. The van der Waals surface area contributed by atoms with Gasteiger partial charge in [0.15, 0.2) is 6.10 Å². The highest BCUT2D eigenvalue weighted by Crippen LogP contribution is 2.07. The van der Waals surface area contributed by atoms with E-state index in [1.54, 1.807) is 0 Å². The van der Waals surface area contributed by atoms with Crippen LogP contribution < -0.4 is 5.73 Å². The summed E-state index contributed by atoms with van der Waals surface area (Å²) in [7, 11) is 0. The Morgan fingerprint density at radius 3 is 2.47 bits per heavy atom. The Labute approximate surface area is 101 Å². The van der Waals surface area contributed by atoms with E-state index < -0.39 is 18.1 Å². The van der Waals surface area contributed by atoms with E-state index in [0.717, 1.165) is 5.56 Å². The predicted molar refractivity (Wildman–Crippen MR) is 65.1 cm³/mol. The van der Waals surface area contributed by atoms with Gasteiger partial charge in [-0.15, -0.1) is 0 Å². The SMILES string of the molecule is CC(C)C(N)C(O)C(=O)OCc1ccccc1. The molecule has 0 saturated carbocycles. The first-order valence-corrected chi connectivity index (χ1v) is 5.66. The molecule has 0 amide bonds. The minimum absolute atomic E-state index is 0.0225. The Hall–Kier alpha value is -1.39. The van der Waals surface area contributed by atoms with Crippen molar-refractivity contribution in [3.63, 3.8) is 0 Å². The third-order valence-corrected chi connectivity index (χ3v) is 2.60. The largest absolute Gasteiger partial charge is 0.459 e. The number of aliphatic hydroxyl groups excluding tert-OH is 1. The number of hydrogen-bond acceptors (Lipinski definition) is 4. The molecule has 1 rings (SSSR count). The summed E-state index contributed by atoms with van der Waals surface area (Å²) in [6.45, 7) is 3.85. The van der Waals surface area contributed by atoms with Crippen LogP contribution in [0.3, 0.4) is 0 Å². The van der Waals surface area contributed by atoms with Gasteiger partial charge in [-0.2, -0.15) is 0 Å². The van der Waals surface area contributed by atoms with Gasteiger partial charge in [0.05, 0.1) is 0 Å². The third-order valence-electron chi connectivity index (χ3n) is 2.60. The second-order valence-electron chi connectivity index (χ2n) is 4.36. The van der Waals surface area contributed by atoms with Crippen LogP contribution >= 0.6 is 0 Å². The molecule has 0 fully saturated rings. The molecule has 4 nitrogen and oxygen atoms in total. The quantitative estimate of drug-likeness (QED) is 0.751. The summed E-state index contributed by atoms with van der Waals surface area (Å²) in [5, 5.41) is 9.64. The first kappa shape index (κ1) is 13.7. The monoisotopic (exact) mass is 237 g/mol. The lowest BCUT2D eigenvalue weighted by molar-refractivity contribution is -0.156. The van der Waals surface area contributed by atoms with Crippen LogP contribution in [0, 0.1) is 5.92 Å². The number of benzene rings is 1. The number of aliphatic hydroxyl groups is 1. The van der Waals surface area contributed by atoms with Gasteiger partial charge in [-0.3, -0.25) is 0 Å². The van der Waals surface area contributed by atoms with Crippen molar-refractivity contribution >= 4 is 5.97 Å². The number of carbonyl (C=O) groups excluding carboxylic acids is 1. The van der Waals surface area contributed by atoms with Crippen LogP contribution in [0.2, 0.25) is 0 Å². The van der Waals surface area contributed by atoms with E-state index in [2.05, 4.69) is 0 Å². The Bertz CT molecular complexity index is 351. The molecule has 2 unspecified atom stereocenters. The predicted octanol–water partition coefficient (Wildman–Crippen LogP) is 1.07. The van der Waals surface area contributed by atoms with E-state index in [9.17, 15) is 9.90 Å². The van der Waals surface area contributed by atoms with Crippen LogP contribution in [0.5, 0.6) is 0 Å². The molecule has 0 aromatic heterocycles. The highest BCUT2D eigenvalue weighted by Gasteiger charge is 2.26. The number of rotatable bonds is 5. The number of esters is 1. The normalized spacial score (nSPS) is 14.4. The standard InChI is InChI=1S/C13H19NO3/c1-9(2)11(14)12(15)13(16)17-8-10-6-4-3-5-7-10/h3-7,9,11-12,15H,8,14H2,1-2H3. The highest BCUT2D eigenvalue weighted by molar-refractivity contribution is 5.75. The van der Waals surface area contributed by atoms with Crippen LogP contribution in [0.25, 0.3) is 0 Å². The number of hydrogen-bond donors (Lipinski definition) is 2. The smallest absolute Gasteiger partial charge is 0.336 e. The van der Waals surface area contributed by atoms with Crippen molar-refractivity contribution in [2.75, 3.05) is 0 Å². The first-order chi connectivity index (χ1) is 8.02. The highest BCUT2D eigenvalue weighted by atomic mass is 16.5. The maximum atomic E-state index is 11.5. The Morgan fingerprint density at radius 2 is 1.94 bits per heavy atom. The minimum atomic E-state index is -1.27. The van der Waals surface area contributed by atoms with Crippen molar-refractivity contribution in [3.8, 4) is 0 Å². The zero-order valence-corrected chi connectivity index (χ0v) is 10.2. The maximum Gasteiger partial charge on any atom is 0.336 e. The van der Waals surface area contributed by atoms with Crippen molar-refractivity contribution < 1.29 is 14.6 Å². The lowest BCUT2D eigenvalue weighted by Gasteiger charge is -2.20. The molecule has 0 saturated heterocycles. The van der Waals surface area contributed by atoms with Gasteiger partial charge in [0.2, 0.25) is 0 Å². The molecule has 0 heterocycles. The van der Waals surface area contributed by atoms with E-state index in [-0.39, 0.29) is 12.5 Å². The minimum Gasteiger partial charge on any atom is -0.459 e. The Balaban J connectivity index is 2.45. The third kappa shape index (κ3) is 4.17. The summed E-state index contributed by atoms with van der Waals surface area (Å²) in [4.78, 5) is 11.5. The Morgan fingerprint density at radius 1 is 1.35 bits per heavy atom. The van der Waals surface area contributed by atoms with Gasteiger partial charge in [-0.25, -0.2) is 4.79 Å². The second kappa shape index (κ2) is 6.37. The second-order valence-corrected chi connectivity index (χ2v) is 4.36. The summed E-state index contributed by atoms with van der Waals surface area (Å²) in [6, 6.07) is 8.70. The van der Waals surface area contributed by atoms with Gasteiger partial charge in [-0.1, -0.05) is 44.2 Å². The Kier molecular flexibility index (Phi) is 5.12. The molecule has 0 aliphatic heterocycles. The van der Waals surface area contributed by atoms with Crippen LogP contribution in [0.15, 0.2) is 30.3 Å². The molecule has 0 aliphatic carbocycles. The molecule has 1 aromatic rings. The van der Waals surface area contributed by atoms with Crippen molar-refractivity contribution in [2.45, 2.75) is 32.6 Å². The van der Waals surface area contributed by atoms with Crippen molar-refractivity contribution in [3.05, 3.63) is 35.9 Å². The molecule has 0 bridgehead atoms. The van der Waals surface area contributed by atoms with Crippen LogP contribution in [0.1, 0.15) is 19.4 Å². The van der Waals surface area contributed by atoms with E-state index in [1.165, 1.54) is 0 Å². The van der Waals surface area contributed by atoms with E-state index >= 15 is 0 Å². The number of carbonyl (C=O) groups is 1. The molecule has 3 N–H and O–H groups in total. The fourth-order valence-electron chi connectivity index (χ4n) is 1.34. The summed E-state index contributed by atoms with van der Waals surface area (Å²) in [5.74, 6) is -0.649. The molecule has 2 atom stereocenters. The summed E-state index contributed by atoms with van der Waals surface area (Å²) >= 11 is 0. The molecule has 0 aliphatic rings. The van der Waals surface area contributed by atoms with Crippen molar-refractivity contribution in [2.24, 2.45) is 11.7 Å². The molecule has 94 valence electrons. The maximum absolute atomic E-state index is 11.5. The van der Waals surface area contributed by atoms with Crippen molar-refractivity contribution in [1.82, 2.24) is 0 Å². The van der Waals surface area contributed by atoms with Gasteiger partial charge in [0, 0.05) is 6.04 Å². The molecule has 0 spiro atoms. The van der Waals surface area contributed by atoms with E-state index in [1.807, 2.05) is 44.2 Å². The molecule has 0 radical (unpaired) electrons. The fourth-order valence-corrected chi connectivity index (χ4v) is 1.34. The molecule has 17 heavy (non-hydrogen) atoms. The zero-order chi connectivity index (χ0) is 12.8.